The largest absolute Gasteiger partial charge is 0.496 e. The number of aliphatic hydroxyl groups is 1. The van der Waals surface area contributed by atoms with Crippen LogP contribution in [0.25, 0.3) is 10.9 Å². The van der Waals surface area contributed by atoms with Crippen LogP contribution in [0.15, 0.2) is 36.5 Å². The maximum atomic E-state index is 12.0. The molecule has 0 saturated heterocycles. The van der Waals surface area contributed by atoms with Crippen LogP contribution < -0.4 is 15.8 Å². The summed E-state index contributed by atoms with van der Waals surface area (Å²) >= 11 is 0. The van der Waals surface area contributed by atoms with Gasteiger partial charge in [0.05, 0.1) is 36.2 Å². The maximum absolute atomic E-state index is 12.0. The molecule has 8 heteroatoms. The number of carbonyl (C=O) groups excluding carboxylic acids is 1. The number of nitrogens with one attached hydrogen (secondary N) is 1. The Labute approximate surface area is 167 Å². The monoisotopic (exact) mass is 394 g/mol. The van der Waals surface area contributed by atoms with E-state index in [1.54, 1.807) is 37.6 Å². The highest BCUT2D eigenvalue weighted by molar-refractivity contribution is 5.95. The maximum Gasteiger partial charge on any atom is 0.339 e. The number of rotatable bonds is 5. The lowest BCUT2D eigenvalue weighted by molar-refractivity contribution is 0.00955. The molecule has 0 spiro atoms. The molecule has 2 heterocycles. The number of methoxy groups -OCH3 is 1. The van der Waals surface area contributed by atoms with Gasteiger partial charge in [0.15, 0.2) is 0 Å². The van der Waals surface area contributed by atoms with Crippen LogP contribution in [0.5, 0.6) is 5.75 Å². The molecule has 3 aromatic rings. The Morgan fingerprint density at radius 2 is 2.10 bits per heavy atom. The van der Waals surface area contributed by atoms with Crippen LogP contribution >= 0.6 is 0 Å². The third-order valence-corrected chi connectivity index (χ3v) is 5.05. The Balaban J connectivity index is 1.75. The molecule has 29 heavy (non-hydrogen) atoms. The van der Waals surface area contributed by atoms with Gasteiger partial charge in [-0.05, 0) is 43.7 Å². The number of esters is 1. The second kappa shape index (κ2) is 6.98. The van der Waals surface area contributed by atoms with Gasteiger partial charge in [0.25, 0.3) is 0 Å². The number of anilines is 2. The van der Waals surface area contributed by atoms with Gasteiger partial charge < -0.3 is 25.6 Å². The van der Waals surface area contributed by atoms with E-state index in [9.17, 15) is 9.90 Å². The number of hydrogen-bond donors (Lipinski definition) is 3. The second-order valence-corrected chi connectivity index (χ2v) is 7.39. The smallest absolute Gasteiger partial charge is 0.339 e. The van der Waals surface area contributed by atoms with Gasteiger partial charge in [-0.3, -0.25) is 0 Å². The van der Waals surface area contributed by atoms with Gasteiger partial charge >= 0.3 is 5.97 Å². The van der Waals surface area contributed by atoms with Crippen LogP contribution in [0.1, 0.15) is 41.4 Å². The summed E-state index contributed by atoms with van der Waals surface area (Å²) in [6, 6.07) is 8.37. The topological polar surface area (TPSA) is 120 Å². The first-order chi connectivity index (χ1) is 13.8. The number of ether oxygens (including phenoxy) is 2. The average Bonchev–Trinajstić information content (AvgIpc) is 2.94. The van der Waals surface area contributed by atoms with Gasteiger partial charge in [0.1, 0.15) is 11.4 Å². The van der Waals surface area contributed by atoms with Crippen LogP contribution in [0.2, 0.25) is 0 Å². The molecule has 4 rings (SSSR count). The molecule has 1 aliphatic heterocycles. The summed E-state index contributed by atoms with van der Waals surface area (Å²) in [5, 5.41) is 13.4. The minimum Gasteiger partial charge on any atom is -0.496 e. The summed E-state index contributed by atoms with van der Waals surface area (Å²) in [4.78, 5) is 21.0. The third kappa shape index (κ3) is 3.26. The number of benzene rings is 2. The van der Waals surface area contributed by atoms with E-state index in [-0.39, 0.29) is 12.6 Å². The number of nitrogens with zero attached hydrogens (tertiary/aromatic N) is 2. The molecule has 0 radical (unpaired) electrons. The number of fused-ring (bicyclic) bond motifs is 2. The first-order valence-corrected chi connectivity index (χ1v) is 9.19. The van der Waals surface area contributed by atoms with Crippen molar-refractivity contribution in [2.24, 2.45) is 5.73 Å². The summed E-state index contributed by atoms with van der Waals surface area (Å²) in [5.74, 6) is 0.656. The van der Waals surface area contributed by atoms with Crippen molar-refractivity contribution in [2.75, 3.05) is 19.0 Å². The van der Waals surface area contributed by atoms with Gasteiger partial charge in [0.2, 0.25) is 5.95 Å². The predicted octanol–water partition coefficient (Wildman–Crippen LogP) is 2.78. The average molecular weight is 394 g/mol. The normalized spacial score (nSPS) is 15.7. The molecular formula is C21H22N4O4. The standard InChI is InChI=1S/C21H22N4O4/c1-21(2)15-8-11(4-5-12(15)19(27)29-21)24-20-23-9-14-17(28-3)7-6-13(16(22)10-26)18(14)25-20/h4-9,16,26H,10,22H2,1-3H3,(H,23,24,25). The molecule has 1 aliphatic rings. The fraction of sp³-hybridized carbons (Fsp3) is 0.286. The second-order valence-electron chi connectivity index (χ2n) is 7.39. The lowest BCUT2D eigenvalue weighted by Gasteiger charge is -2.18. The van der Waals surface area contributed by atoms with Crippen molar-refractivity contribution in [3.05, 3.63) is 53.2 Å². The molecule has 4 N–H and O–H groups in total. The third-order valence-electron chi connectivity index (χ3n) is 5.05. The highest BCUT2D eigenvalue weighted by Gasteiger charge is 2.37. The fourth-order valence-corrected chi connectivity index (χ4v) is 3.52. The van der Waals surface area contributed by atoms with E-state index in [1.807, 2.05) is 19.9 Å². The van der Waals surface area contributed by atoms with E-state index < -0.39 is 11.6 Å². The van der Waals surface area contributed by atoms with Crippen LogP contribution in [-0.2, 0) is 10.3 Å². The summed E-state index contributed by atoms with van der Waals surface area (Å²) < 4.78 is 10.8. The fourth-order valence-electron chi connectivity index (χ4n) is 3.52. The van der Waals surface area contributed by atoms with Crippen molar-refractivity contribution in [3.63, 3.8) is 0 Å². The zero-order chi connectivity index (χ0) is 20.8. The van der Waals surface area contributed by atoms with E-state index in [2.05, 4.69) is 15.3 Å². The van der Waals surface area contributed by atoms with Gasteiger partial charge in [0, 0.05) is 17.4 Å². The van der Waals surface area contributed by atoms with Crippen molar-refractivity contribution in [1.29, 1.82) is 0 Å². The highest BCUT2D eigenvalue weighted by atomic mass is 16.6. The van der Waals surface area contributed by atoms with E-state index >= 15 is 0 Å². The van der Waals surface area contributed by atoms with E-state index in [0.717, 1.165) is 11.3 Å². The van der Waals surface area contributed by atoms with Gasteiger partial charge in [-0.1, -0.05) is 6.07 Å². The van der Waals surface area contributed by atoms with E-state index in [4.69, 9.17) is 15.2 Å². The quantitative estimate of drug-likeness (QED) is 0.565. The van der Waals surface area contributed by atoms with Crippen molar-refractivity contribution in [2.45, 2.75) is 25.5 Å². The Bertz CT molecular complexity index is 1110. The Morgan fingerprint density at radius 1 is 1.31 bits per heavy atom. The molecule has 2 aromatic carbocycles. The van der Waals surface area contributed by atoms with Gasteiger partial charge in [-0.25, -0.2) is 14.8 Å². The minimum atomic E-state index is -0.692. The number of aliphatic hydroxyl groups excluding tert-OH is 1. The Morgan fingerprint density at radius 3 is 2.83 bits per heavy atom. The zero-order valence-corrected chi connectivity index (χ0v) is 16.4. The van der Waals surface area contributed by atoms with Gasteiger partial charge in [-0.15, -0.1) is 0 Å². The molecule has 1 aromatic heterocycles. The van der Waals surface area contributed by atoms with Crippen LogP contribution in [0.4, 0.5) is 11.6 Å². The Hall–Kier alpha value is -3.23. The molecule has 0 amide bonds. The molecule has 0 bridgehead atoms. The summed E-state index contributed by atoms with van der Waals surface area (Å²) in [5.41, 5.74) is 8.73. The lowest BCUT2D eigenvalue weighted by atomic mass is 9.95. The van der Waals surface area contributed by atoms with Crippen molar-refractivity contribution < 1.29 is 19.4 Å². The summed E-state index contributed by atoms with van der Waals surface area (Å²) in [7, 11) is 1.57. The molecule has 0 aliphatic carbocycles. The van der Waals surface area contributed by atoms with Crippen LogP contribution in [0.3, 0.4) is 0 Å². The summed E-state index contributed by atoms with van der Waals surface area (Å²) in [6.07, 6.45) is 1.65. The lowest BCUT2D eigenvalue weighted by Crippen LogP contribution is -2.16. The van der Waals surface area contributed by atoms with Crippen LogP contribution in [0, 0.1) is 0 Å². The molecule has 0 fully saturated rings. The first kappa shape index (κ1) is 19.1. The SMILES string of the molecule is COc1ccc(C(N)CO)c2nc(Nc3ccc4c(c3)C(C)(C)OC4=O)ncc12. The Kier molecular flexibility index (Phi) is 4.60. The number of nitrogens with two attached hydrogens (primary N) is 1. The van der Waals surface area contributed by atoms with E-state index in [0.29, 0.717) is 33.7 Å². The highest BCUT2D eigenvalue weighted by Crippen LogP contribution is 2.37. The number of hydrogen-bond acceptors (Lipinski definition) is 8. The minimum absolute atomic E-state index is 0.206. The van der Waals surface area contributed by atoms with Crippen molar-refractivity contribution >= 4 is 28.5 Å². The molecule has 8 nitrogen and oxygen atoms in total. The number of aromatic nitrogens is 2. The number of carbonyl (C=O) groups is 1. The van der Waals surface area contributed by atoms with Crippen LogP contribution in [-0.4, -0.2) is 34.8 Å². The molecule has 1 unspecified atom stereocenters. The van der Waals surface area contributed by atoms with Crippen molar-refractivity contribution in [3.8, 4) is 5.75 Å². The van der Waals surface area contributed by atoms with E-state index in [1.165, 1.54) is 0 Å². The van der Waals surface area contributed by atoms with Gasteiger partial charge in [-0.2, -0.15) is 0 Å². The zero-order valence-electron chi connectivity index (χ0n) is 16.4. The first-order valence-electron chi connectivity index (χ1n) is 9.19. The summed E-state index contributed by atoms with van der Waals surface area (Å²) in [6.45, 7) is 3.49. The molecule has 150 valence electrons. The predicted molar refractivity (Wildman–Crippen MR) is 108 cm³/mol. The molecular weight excluding hydrogens is 372 g/mol. The molecule has 0 saturated carbocycles. The molecule has 1 atom stereocenters. The van der Waals surface area contributed by atoms with Crippen molar-refractivity contribution in [1.82, 2.24) is 9.97 Å². The number of cyclic esters (lactones) is 1.